The number of fused-ring (bicyclic) bond motifs is 1. The maximum absolute atomic E-state index is 3.18. The third-order valence-electron chi connectivity index (χ3n) is 2.65. The summed E-state index contributed by atoms with van der Waals surface area (Å²) in [5.41, 5.74) is 3.76. The molecule has 0 amide bonds. The Bertz CT molecular complexity index is 556. The molecule has 0 saturated heterocycles. The average Bonchev–Trinajstić information content (AvgIpc) is 2.65. The van der Waals surface area contributed by atoms with Crippen molar-refractivity contribution in [2.75, 3.05) is 6.54 Å². The van der Waals surface area contributed by atoms with E-state index in [0.29, 0.717) is 0 Å². The Morgan fingerprint density at radius 1 is 1.19 bits per heavy atom. The fourth-order valence-electron chi connectivity index (χ4n) is 1.94. The maximum Gasteiger partial charge on any atom is 0.238 e. The number of para-hydroxylation sites is 1. The van der Waals surface area contributed by atoms with E-state index in [1.807, 2.05) is 13.8 Å². The molecule has 16 heavy (non-hydrogen) atoms. The molecule has 0 N–H and O–H groups in total. The highest BCUT2D eigenvalue weighted by Crippen LogP contribution is 2.25. The van der Waals surface area contributed by atoms with Crippen LogP contribution in [0.2, 0.25) is 0 Å². The van der Waals surface area contributed by atoms with E-state index in [-0.39, 0.29) is 0 Å². The first kappa shape index (κ1) is 10.5. The van der Waals surface area contributed by atoms with Gasteiger partial charge in [-0.3, -0.25) is 0 Å². The highest BCUT2D eigenvalue weighted by Gasteiger charge is 2.27. The molecule has 0 bridgehead atoms. The molecular weight excluding hydrogens is 194 g/mol. The molecule has 0 spiro atoms. The Kier molecular flexibility index (Phi) is 3.08. The van der Waals surface area contributed by atoms with Gasteiger partial charge in [-0.1, -0.05) is 24.1 Å². The van der Waals surface area contributed by atoms with Gasteiger partial charge in [0.25, 0.3) is 0 Å². The summed E-state index contributed by atoms with van der Waals surface area (Å²) in [4.78, 5) is 0. The van der Waals surface area contributed by atoms with Gasteiger partial charge in [0.1, 0.15) is 0 Å². The van der Waals surface area contributed by atoms with Gasteiger partial charge in [0.05, 0.1) is 6.42 Å². The van der Waals surface area contributed by atoms with E-state index in [9.17, 15) is 0 Å². The van der Waals surface area contributed by atoms with Crippen LogP contribution < -0.4 is 0 Å². The molecule has 0 radical (unpaired) electrons. The van der Waals surface area contributed by atoms with Gasteiger partial charge in [0.15, 0.2) is 0 Å². The fraction of sp³-hybridized carbons (Fsp3) is 0.267. The minimum absolute atomic E-state index is 0.734. The zero-order valence-electron chi connectivity index (χ0n) is 9.67. The molecule has 1 heterocycles. The van der Waals surface area contributed by atoms with Gasteiger partial charge in [-0.05, 0) is 25.7 Å². The number of hydrogen-bond acceptors (Lipinski definition) is 0. The monoisotopic (exact) mass is 208 g/mol. The van der Waals surface area contributed by atoms with Crippen LogP contribution in [0.1, 0.15) is 19.4 Å². The van der Waals surface area contributed by atoms with Gasteiger partial charge >= 0.3 is 0 Å². The molecule has 78 valence electrons. The molecule has 2 rings (SSSR count). The van der Waals surface area contributed by atoms with Crippen LogP contribution in [0.4, 0.5) is 5.69 Å². The second kappa shape index (κ2) is 4.69. The topological polar surface area (TPSA) is 3.01 Å². The quantitative estimate of drug-likeness (QED) is 0.492. The van der Waals surface area contributed by atoms with E-state index >= 15 is 0 Å². The number of rotatable bonds is 1. The zero-order chi connectivity index (χ0) is 11.4. The molecule has 1 aliphatic rings. The summed E-state index contributed by atoms with van der Waals surface area (Å²) in [6.07, 6.45) is 0.933. The van der Waals surface area contributed by atoms with Crippen LogP contribution in [0.3, 0.4) is 0 Å². The molecule has 1 aromatic carbocycles. The van der Waals surface area contributed by atoms with E-state index in [0.717, 1.165) is 18.7 Å². The second-order valence-corrected chi connectivity index (χ2v) is 3.64. The van der Waals surface area contributed by atoms with E-state index < -0.39 is 0 Å². The molecule has 0 unspecified atom stereocenters. The number of hydrogen-bond donors (Lipinski definition) is 0. The SMILES string of the molecule is CC#CC[N+]1=C(C#CC)Cc2ccccc21. The molecule has 0 aliphatic carbocycles. The summed E-state index contributed by atoms with van der Waals surface area (Å²) < 4.78 is 2.21. The molecular formula is C15H14N+. The van der Waals surface area contributed by atoms with Gasteiger partial charge in [-0.25, -0.2) is 0 Å². The summed E-state index contributed by atoms with van der Waals surface area (Å²) in [5.74, 6) is 12.2. The van der Waals surface area contributed by atoms with Gasteiger partial charge in [-0.15, -0.1) is 5.92 Å². The Hall–Kier alpha value is -1.99. The smallest absolute Gasteiger partial charge is 0.176 e. The minimum atomic E-state index is 0.734. The molecule has 0 aromatic heterocycles. The van der Waals surface area contributed by atoms with Crippen LogP contribution in [0, 0.1) is 23.7 Å². The first-order valence-corrected chi connectivity index (χ1v) is 5.40. The molecule has 1 heteroatoms. The lowest BCUT2D eigenvalue weighted by Crippen LogP contribution is -2.11. The largest absolute Gasteiger partial charge is 0.238 e. The van der Waals surface area contributed by atoms with E-state index in [2.05, 4.69) is 52.5 Å². The Morgan fingerprint density at radius 2 is 2.00 bits per heavy atom. The first-order valence-electron chi connectivity index (χ1n) is 5.40. The zero-order valence-corrected chi connectivity index (χ0v) is 9.67. The second-order valence-electron chi connectivity index (χ2n) is 3.64. The van der Waals surface area contributed by atoms with Crippen LogP contribution in [-0.4, -0.2) is 16.8 Å². The third kappa shape index (κ3) is 1.86. The van der Waals surface area contributed by atoms with Crippen molar-refractivity contribution in [3.05, 3.63) is 29.8 Å². The van der Waals surface area contributed by atoms with Gasteiger partial charge in [-0.2, -0.15) is 4.58 Å². The summed E-state index contributed by atoms with van der Waals surface area (Å²) in [7, 11) is 0. The predicted octanol–water partition coefficient (Wildman–Crippen LogP) is 2.37. The molecule has 0 saturated carbocycles. The van der Waals surface area contributed by atoms with Crippen LogP contribution in [-0.2, 0) is 6.42 Å². The van der Waals surface area contributed by atoms with Gasteiger partial charge < -0.3 is 0 Å². The lowest BCUT2D eigenvalue weighted by Gasteiger charge is -1.95. The van der Waals surface area contributed by atoms with Crippen molar-refractivity contribution >= 4 is 11.4 Å². The van der Waals surface area contributed by atoms with Crippen LogP contribution in [0.5, 0.6) is 0 Å². The minimum Gasteiger partial charge on any atom is -0.176 e. The summed E-state index contributed by atoms with van der Waals surface area (Å²) in [6, 6.07) is 8.43. The summed E-state index contributed by atoms with van der Waals surface area (Å²) in [6.45, 7) is 4.48. The van der Waals surface area contributed by atoms with E-state index in [4.69, 9.17) is 0 Å². The van der Waals surface area contributed by atoms with Gasteiger partial charge in [0.2, 0.25) is 17.9 Å². The Labute approximate surface area is 96.8 Å². The predicted molar refractivity (Wildman–Crippen MR) is 66.8 cm³/mol. The Morgan fingerprint density at radius 3 is 2.75 bits per heavy atom. The maximum atomic E-state index is 3.18. The van der Waals surface area contributed by atoms with E-state index in [1.165, 1.54) is 11.3 Å². The van der Waals surface area contributed by atoms with Crippen LogP contribution in [0.25, 0.3) is 0 Å². The standard InChI is InChI=1S/C15H14N/c1-3-5-11-16-14(8-4-2)12-13-9-6-7-10-15(13)16/h6-7,9-10H,11-12H2,1-2H3/q+1. The Balaban J connectivity index is 2.46. The molecule has 0 fully saturated rings. The number of nitrogens with zero attached hydrogens (tertiary/aromatic N) is 1. The highest BCUT2D eigenvalue weighted by atomic mass is 15.0. The van der Waals surface area contributed by atoms with Crippen molar-refractivity contribution in [3.8, 4) is 23.7 Å². The van der Waals surface area contributed by atoms with Crippen molar-refractivity contribution in [2.45, 2.75) is 20.3 Å². The molecule has 1 aliphatic heterocycles. The molecule has 1 nitrogen and oxygen atoms in total. The normalized spacial score (nSPS) is 12.4. The molecule has 1 aromatic rings. The first-order chi connectivity index (χ1) is 7.86. The van der Waals surface area contributed by atoms with E-state index in [1.54, 1.807) is 0 Å². The van der Waals surface area contributed by atoms with Crippen molar-refractivity contribution in [1.29, 1.82) is 0 Å². The lowest BCUT2D eigenvalue weighted by atomic mass is 10.1. The van der Waals surface area contributed by atoms with Crippen molar-refractivity contribution in [3.63, 3.8) is 0 Å². The average molecular weight is 208 g/mol. The third-order valence-corrected chi connectivity index (χ3v) is 2.65. The summed E-state index contributed by atoms with van der Waals surface area (Å²) >= 11 is 0. The van der Waals surface area contributed by atoms with Crippen molar-refractivity contribution in [1.82, 2.24) is 0 Å². The van der Waals surface area contributed by atoms with Crippen LogP contribution in [0.15, 0.2) is 24.3 Å². The molecule has 0 atom stereocenters. The van der Waals surface area contributed by atoms with Crippen LogP contribution >= 0.6 is 0 Å². The number of benzene rings is 1. The van der Waals surface area contributed by atoms with Crippen molar-refractivity contribution in [2.24, 2.45) is 0 Å². The lowest BCUT2D eigenvalue weighted by molar-refractivity contribution is -0.421. The van der Waals surface area contributed by atoms with Crippen molar-refractivity contribution < 1.29 is 4.58 Å². The fourth-order valence-corrected chi connectivity index (χ4v) is 1.94. The highest BCUT2D eigenvalue weighted by molar-refractivity contribution is 6.01. The summed E-state index contributed by atoms with van der Waals surface area (Å²) in [5, 5.41) is 0. The van der Waals surface area contributed by atoms with Gasteiger partial charge in [0, 0.05) is 11.6 Å².